The van der Waals surface area contributed by atoms with Crippen molar-refractivity contribution in [1.29, 1.82) is 0 Å². The van der Waals surface area contributed by atoms with Gasteiger partial charge >= 0.3 is 0 Å². The molecule has 0 aromatic heterocycles. The van der Waals surface area contributed by atoms with Gasteiger partial charge in [-0.3, -0.25) is 0 Å². The van der Waals surface area contributed by atoms with Gasteiger partial charge < -0.3 is 4.90 Å². The van der Waals surface area contributed by atoms with Crippen LogP contribution in [0.1, 0.15) is 29.1 Å². The molecule has 298 valence electrons. The Bertz CT molecular complexity index is 3380. The molecule has 0 fully saturated rings. The maximum atomic E-state index is 8.79. The second kappa shape index (κ2) is 16.3. The summed E-state index contributed by atoms with van der Waals surface area (Å²) in [7, 11) is 0. The molecule has 1 aliphatic carbocycles. The number of hydrogen-bond acceptors (Lipinski definition) is 1. The Balaban J connectivity index is 1.19. The van der Waals surface area contributed by atoms with Crippen LogP contribution in [-0.2, 0) is 5.41 Å². The minimum absolute atomic E-state index is 0.146. The number of anilines is 3. The van der Waals surface area contributed by atoms with Crippen molar-refractivity contribution in [3.63, 3.8) is 0 Å². The van der Waals surface area contributed by atoms with Crippen LogP contribution in [0.3, 0.4) is 0 Å². The first-order chi connectivity index (χ1) is 33.3. The third-order valence-electron chi connectivity index (χ3n) is 12.3. The highest BCUT2D eigenvalue weighted by Gasteiger charge is 2.47. The van der Waals surface area contributed by atoms with Crippen molar-refractivity contribution in [2.45, 2.75) is 5.41 Å². The van der Waals surface area contributed by atoms with Gasteiger partial charge in [-0.05, 0) is 97.1 Å². The van der Waals surface area contributed by atoms with E-state index in [0.717, 1.165) is 67.1 Å². The van der Waals surface area contributed by atoms with Gasteiger partial charge in [-0.2, -0.15) is 0 Å². The molecule has 0 N–H and O–H groups in total. The maximum absolute atomic E-state index is 8.79. The standard InChI is InChI=1S/C61H42ClN/c62-50-40-47(53-31-18-34-57-56-30-16-17-35-58(56)61(59(53)57,48-26-12-4-13-27-48)49-28-14-5-15-29-49)41-52(42-50)63(51-38-36-44(37-39-51)43-20-6-1-7-21-43)60-54(45-22-8-2-9-23-45)32-19-33-55(60)46-24-10-3-11-25-46/h1-42H/i1D,6D,7D,20D,21D. The number of halogens is 1. The fourth-order valence-corrected chi connectivity index (χ4v) is 9.90. The van der Waals surface area contributed by atoms with Crippen LogP contribution in [0.4, 0.5) is 17.1 Å². The molecule has 1 aliphatic rings. The summed E-state index contributed by atoms with van der Waals surface area (Å²) >= 11 is 7.44. The van der Waals surface area contributed by atoms with Crippen molar-refractivity contribution >= 4 is 28.7 Å². The first-order valence-electron chi connectivity index (χ1n) is 23.6. The molecule has 0 bridgehead atoms. The average molecular weight is 829 g/mol. The Hall–Kier alpha value is -7.71. The van der Waals surface area contributed by atoms with Crippen molar-refractivity contribution in [1.82, 2.24) is 0 Å². The van der Waals surface area contributed by atoms with Crippen molar-refractivity contribution in [3.05, 3.63) is 282 Å². The predicted octanol–water partition coefficient (Wildman–Crippen LogP) is 16.8. The van der Waals surface area contributed by atoms with Crippen molar-refractivity contribution in [2.24, 2.45) is 0 Å². The van der Waals surface area contributed by atoms with Crippen LogP contribution in [0.25, 0.3) is 55.6 Å². The first-order valence-corrected chi connectivity index (χ1v) is 21.5. The van der Waals surface area contributed by atoms with Crippen LogP contribution >= 0.6 is 11.6 Å². The lowest BCUT2D eigenvalue weighted by Crippen LogP contribution is -2.29. The Morgan fingerprint density at radius 1 is 0.365 bits per heavy atom. The molecule has 0 amide bonds. The van der Waals surface area contributed by atoms with Gasteiger partial charge in [0.15, 0.2) is 0 Å². The van der Waals surface area contributed by atoms with Crippen LogP contribution in [0.5, 0.6) is 0 Å². The average Bonchev–Trinajstić information content (AvgIpc) is 3.70. The SMILES string of the molecule is [2H]c1c([2H])c([2H])c(-c2ccc(N(c3cc(Cl)cc(-c4cccc5c4C(c4ccccc4)(c4ccccc4)c4ccccc4-5)c3)c3c(-c4ccccc4)cccc3-c3ccccc3)cc2)c([2H])c1[2H]. The quantitative estimate of drug-likeness (QED) is 0.140. The lowest BCUT2D eigenvalue weighted by molar-refractivity contribution is 0.770. The van der Waals surface area contributed by atoms with Gasteiger partial charge in [0.25, 0.3) is 0 Å². The van der Waals surface area contributed by atoms with E-state index < -0.39 is 11.5 Å². The van der Waals surface area contributed by atoms with Crippen LogP contribution in [-0.4, -0.2) is 0 Å². The summed E-state index contributed by atoms with van der Waals surface area (Å²) in [6.07, 6.45) is 0. The molecule has 1 nitrogen and oxygen atoms in total. The molecule has 0 spiro atoms. The van der Waals surface area contributed by atoms with E-state index in [2.05, 4.69) is 163 Å². The zero-order valence-electron chi connectivity index (χ0n) is 39.2. The Morgan fingerprint density at radius 2 is 0.873 bits per heavy atom. The molecule has 0 aliphatic heterocycles. The van der Waals surface area contributed by atoms with Gasteiger partial charge in [0.2, 0.25) is 0 Å². The van der Waals surface area contributed by atoms with Gasteiger partial charge in [0, 0.05) is 27.5 Å². The molecule has 10 aromatic carbocycles. The first kappa shape index (κ1) is 33.0. The Morgan fingerprint density at radius 3 is 1.48 bits per heavy atom. The van der Waals surface area contributed by atoms with Gasteiger partial charge in [0.1, 0.15) is 0 Å². The maximum Gasteiger partial charge on any atom is 0.0719 e. The van der Waals surface area contributed by atoms with E-state index in [1.54, 1.807) is 0 Å². The van der Waals surface area contributed by atoms with E-state index in [1.165, 1.54) is 16.7 Å². The van der Waals surface area contributed by atoms with Crippen molar-refractivity contribution < 1.29 is 6.85 Å². The Labute approximate surface area is 381 Å². The van der Waals surface area contributed by atoms with Crippen LogP contribution in [0, 0.1) is 0 Å². The van der Waals surface area contributed by atoms with Gasteiger partial charge in [-0.1, -0.05) is 236 Å². The summed E-state index contributed by atoms with van der Waals surface area (Å²) in [5.74, 6) is 0. The molecule has 0 radical (unpaired) electrons. The van der Waals surface area contributed by atoms with Gasteiger partial charge in [-0.25, -0.2) is 0 Å². The normalized spacial score (nSPS) is 13.4. The number of rotatable bonds is 9. The van der Waals surface area contributed by atoms with Crippen LogP contribution < -0.4 is 4.90 Å². The molecule has 63 heavy (non-hydrogen) atoms. The van der Waals surface area contributed by atoms with Crippen molar-refractivity contribution in [2.75, 3.05) is 4.90 Å². The van der Waals surface area contributed by atoms with E-state index in [-0.39, 0.29) is 29.7 Å². The predicted molar refractivity (Wildman–Crippen MR) is 265 cm³/mol. The minimum atomic E-state index is -0.660. The molecule has 0 atom stereocenters. The van der Waals surface area contributed by atoms with E-state index in [1.807, 2.05) is 66.7 Å². The molecule has 10 aromatic rings. The summed E-state index contributed by atoms with van der Waals surface area (Å²) in [6.45, 7) is 0. The molecule has 0 unspecified atom stereocenters. The van der Waals surface area contributed by atoms with Crippen LogP contribution in [0.2, 0.25) is 5.02 Å². The molecule has 0 saturated carbocycles. The Kier molecular flexibility index (Phi) is 8.53. The van der Waals surface area contributed by atoms with E-state index >= 15 is 0 Å². The monoisotopic (exact) mass is 828 g/mol. The number of nitrogens with zero attached hydrogens (tertiary/aromatic N) is 1. The summed E-state index contributed by atoms with van der Waals surface area (Å²) in [5.41, 5.74) is 15.6. The molecule has 2 heteroatoms. The smallest absolute Gasteiger partial charge is 0.0719 e. The second-order valence-corrected chi connectivity index (χ2v) is 16.2. The van der Waals surface area contributed by atoms with Crippen LogP contribution in [0.15, 0.2) is 255 Å². The zero-order chi connectivity index (χ0) is 46.5. The van der Waals surface area contributed by atoms with Gasteiger partial charge in [-0.15, -0.1) is 0 Å². The number of fused-ring (bicyclic) bond motifs is 3. The van der Waals surface area contributed by atoms with Crippen molar-refractivity contribution in [3.8, 4) is 55.6 Å². The highest BCUT2D eigenvalue weighted by molar-refractivity contribution is 6.31. The summed E-state index contributed by atoms with van der Waals surface area (Å²) in [5, 5.41) is 0.551. The summed E-state index contributed by atoms with van der Waals surface area (Å²) in [4.78, 5) is 2.24. The molecule has 0 saturated heterocycles. The fourth-order valence-electron chi connectivity index (χ4n) is 9.67. The molecule has 11 rings (SSSR count). The minimum Gasteiger partial charge on any atom is -0.309 e. The zero-order valence-corrected chi connectivity index (χ0v) is 34.9. The lowest BCUT2D eigenvalue weighted by Gasteiger charge is -2.35. The molecular weight excluding hydrogens is 782 g/mol. The van der Waals surface area contributed by atoms with E-state index in [0.29, 0.717) is 10.6 Å². The highest BCUT2D eigenvalue weighted by Crippen LogP contribution is 2.59. The number of para-hydroxylation sites is 1. The highest BCUT2D eigenvalue weighted by atomic mass is 35.5. The third kappa shape index (κ3) is 6.66. The third-order valence-corrected chi connectivity index (χ3v) is 12.5. The number of hydrogen-bond donors (Lipinski definition) is 0. The van der Waals surface area contributed by atoms with Gasteiger partial charge in [0.05, 0.1) is 18.0 Å². The fraction of sp³-hybridized carbons (Fsp3) is 0.0164. The topological polar surface area (TPSA) is 3.24 Å². The number of benzene rings is 10. The largest absolute Gasteiger partial charge is 0.309 e. The summed E-state index contributed by atoms with van der Waals surface area (Å²) < 4.78 is 42.7. The van der Waals surface area contributed by atoms with E-state index in [4.69, 9.17) is 18.5 Å². The lowest BCUT2D eigenvalue weighted by atomic mass is 9.66. The second-order valence-electron chi connectivity index (χ2n) is 15.8. The summed E-state index contributed by atoms with van der Waals surface area (Å²) in [6, 6.07) is 76.2. The molecular formula is C61H42ClN. The van der Waals surface area contributed by atoms with E-state index in [9.17, 15) is 0 Å². The molecule has 0 heterocycles.